The molecule has 0 aliphatic heterocycles. The summed E-state index contributed by atoms with van der Waals surface area (Å²) < 4.78 is 15.5. The molecule has 0 radical (unpaired) electrons. The molecule has 0 spiro atoms. The third kappa shape index (κ3) is 1.93. The highest BCUT2D eigenvalue weighted by molar-refractivity contribution is 5.92. The van der Waals surface area contributed by atoms with E-state index in [-0.39, 0.29) is 11.4 Å². The number of halogens is 1. The van der Waals surface area contributed by atoms with Gasteiger partial charge in [0.25, 0.3) is 0 Å². The smallest absolute Gasteiger partial charge is 0.335 e. The lowest BCUT2D eigenvalue weighted by molar-refractivity contribution is 0.0697. The van der Waals surface area contributed by atoms with E-state index in [1.165, 1.54) is 24.5 Å². The fourth-order valence-electron chi connectivity index (χ4n) is 2.14. The van der Waals surface area contributed by atoms with Crippen LogP contribution in [0.1, 0.15) is 15.9 Å². The molecule has 0 unspecified atom stereocenters. The van der Waals surface area contributed by atoms with E-state index in [2.05, 4.69) is 4.98 Å². The molecular formula is C15H11FN2O2. The number of nitrogens with zero attached hydrogens (tertiary/aromatic N) is 2. The first-order valence-electron chi connectivity index (χ1n) is 6.03. The van der Waals surface area contributed by atoms with Gasteiger partial charge in [0.15, 0.2) is 0 Å². The van der Waals surface area contributed by atoms with Gasteiger partial charge in [-0.1, -0.05) is 6.07 Å². The first-order chi connectivity index (χ1) is 9.56. The maximum absolute atomic E-state index is 13.9. The molecule has 0 saturated heterocycles. The number of aromatic nitrogens is 2. The van der Waals surface area contributed by atoms with Gasteiger partial charge < -0.3 is 5.11 Å². The predicted octanol–water partition coefficient (Wildman–Crippen LogP) is 3.17. The maximum atomic E-state index is 13.9. The van der Waals surface area contributed by atoms with Gasteiger partial charge in [-0.3, -0.25) is 4.57 Å². The Labute approximate surface area is 114 Å². The third-order valence-corrected chi connectivity index (χ3v) is 3.16. The number of benzene rings is 2. The zero-order valence-electron chi connectivity index (χ0n) is 10.7. The van der Waals surface area contributed by atoms with Gasteiger partial charge in [-0.15, -0.1) is 0 Å². The molecule has 5 heteroatoms. The van der Waals surface area contributed by atoms with Crippen molar-refractivity contribution in [1.82, 2.24) is 9.55 Å². The summed E-state index contributed by atoms with van der Waals surface area (Å²) in [7, 11) is 0. The number of imidazole rings is 1. The average molecular weight is 270 g/mol. The van der Waals surface area contributed by atoms with Crippen LogP contribution in [0.3, 0.4) is 0 Å². The van der Waals surface area contributed by atoms with Gasteiger partial charge in [0.05, 0.1) is 22.3 Å². The molecule has 0 aliphatic rings. The van der Waals surface area contributed by atoms with Crippen molar-refractivity contribution in [3.63, 3.8) is 0 Å². The maximum Gasteiger partial charge on any atom is 0.335 e. The Morgan fingerprint density at radius 1 is 1.25 bits per heavy atom. The fourth-order valence-corrected chi connectivity index (χ4v) is 2.14. The summed E-state index contributed by atoms with van der Waals surface area (Å²) in [5.41, 5.74) is 2.68. The molecule has 4 nitrogen and oxygen atoms in total. The Hall–Kier alpha value is -2.69. The normalized spacial score (nSPS) is 10.9. The van der Waals surface area contributed by atoms with E-state index in [9.17, 15) is 9.18 Å². The second kappa shape index (κ2) is 4.45. The number of carboxylic acids is 1. The van der Waals surface area contributed by atoms with Crippen LogP contribution in [0.15, 0.2) is 42.7 Å². The highest BCUT2D eigenvalue weighted by Gasteiger charge is 2.11. The zero-order valence-corrected chi connectivity index (χ0v) is 10.7. The molecule has 1 aromatic heterocycles. The molecule has 100 valence electrons. The van der Waals surface area contributed by atoms with Crippen LogP contribution in [-0.2, 0) is 0 Å². The van der Waals surface area contributed by atoms with Crippen LogP contribution < -0.4 is 0 Å². The number of aryl methyl sites for hydroxylation is 1. The van der Waals surface area contributed by atoms with E-state index in [0.29, 0.717) is 16.7 Å². The monoisotopic (exact) mass is 270 g/mol. The fraction of sp³-hybridized carbons (Fsp3) is 0.0667. The van der Waals surface area contributed by atoms with E-state index >= 15 is 0 Å². The van der Waals surface area contributed by atoms with Crippen LogP contribution >= 0.6 is 0 Å². The number of carbonyl (C=O) groups is 1. The standard InChI is InChI=1S/C15H11FN2O2/c1-9-2-4-11(16)14(6-9)18-8-17-12-7-10(15(19)20)3-5-13(12)18/h2-8H,1H3,(H,19,20). The van der Waals surface area contributed by atoms with E-state index < -0.39 is 5.97 Å². The topological polar surface area (TPSA) is 55.1 Å². The number of rotatable bonds is 2. The van der Waals surface area contributed by atoms with Crippen molar-refractivity contribution in [3.05, 3.63) is 59.7 Å². The van der Waals surface area contributed by atoms with Gasteiger partial charge in [-0.05, 0) is 42.8 Å². The number of fused-ring (bicyclic) bond motifs is 1. The van der Waals surface area contributed by atoms with Crippen molar-refractivity contribution in [1.29, 1.82) is 0 Å². The first kappa shape index (κ1) is 12.3. The van der Waals surface area contributed by atoms with Crippen LogP contribution in [0, 0.1) is 12.7 Å². The van der Waals surface area contributed by atoms with E-state index in [4.69, 9.17) is 5.11 Å². The van der Waals surface area contributed by atoms with Crippen molar-refractivity contribution < 1.29 is 14.3 Å². The molecule has 0 fully saturated rings. The Bertz CT molecular complexity index is 824. The quantitative estimate of drug-likeness (QED) is 0.778. The molecule has 0 aliphatic carbocycles. The van der Waals surface area contributed by atoms with E-state index in [1.54, 1.807) is 22.8 Å². The molecule has 1 heterocycles. The number of carboxylic acid groups (broad SMARTS) is 1. The Kier molecular flexibility index (Phi) is 2.75. The van der Waals surface area contributed by atoms with Crippen LogP contribution in [0.25, 0.3) is 16.7 Å². The summed E-state index contributed by atoms with van der Waals surface area (Å²) in [6.45, 7) is 1.88. The lowest BCUT2D eigenvalue weighted by Crippen LogP contribution is -1.98. The predicted molar refractivity (Wildman–Crippen MR) is 72.7 cm³/mol. The molecule has 0 saturated carbocycles. The summed E-state index contributed by atoms with van der Waals surface area (Å²) in [6, 6.07) is 9.41. The SMILES string of the molecule is Cc1ccc(F)c(-n2cnc3cc(C(=O)O)ccc32)c1. The molecule has 3 rings (SSSR count). The molecule has 20 heavy (non-hydrogen) atoms. The molecular weight excluding hydrogens is 259 g/mol. The highest BCUT2D eigenvalue weighted by atomic mass is 19.1. The van der Waals surface area contributed by atoms with Gasteiger partial charge in [-0.25, -0.2) is 14.2 Å². The average Bonchev–Trinajstić information content (AvgIpc) is 2.84. The second-order valence-corrected chi connectivity index (χ2v) is 4.58. The lowest BCUT2D eigenvalue weighted by Gasteiger charge is -2.07. The Morgan fingerprint density at radius 2 is 2.05 bits per heavy atom. The Balaban J connectivity index is 2.22. The van der Waals surface area contributed by atoms with Crippen molar-refractivity contribution in [2.75, 3.05) is 0 Å². The summed E-state index contributed by atoms with van der Waals surface area (Å²) in [6.07, 6.45) is 1.49. The molecule has 0 amide bonds. The summed E-state index contributed by atoms with van der Waals surface area (Å²) in [5.74, 6) is -1.36. The van der Waals surface area contributed by atoms with Gasteiger partial charge in [0, 0.05) is 0 Å². The van der Waals surface area contributed by atoms with Gasteiger partial charge in [0.2, 0.25) is 0 Å². The van der Waals surface area contributed by atoms with E-state index in [1.807, 2.05) is 6.92 Å². The minimum absolute atomic E-state index is 0.160. The zero-order chi connectivity index (χ0) is 14.3. The van der Waals surface area contributed by atoms with Gasteiger partial charge >= 0.3 is 5.97 Å². The first-order valence-corrected chi connectivity index (χ1v) is 6.03. The second-order valence-electron chi connectivity index (χ2n) is 4.58. The molecule has 3 aromatic rings. The summed E-state index contributed by atoms with van der Waals surface area (Å²) >= 11 is 0. The lowest BCUT2D eigenvalue weighted by atomic mass is 10.2. The molecule has 0 atom stereocenters. The van der Waals surface area contributed by atoms with Crippen molar-refractivity contribution in [2.45, 2.75) is 6.92 Å². The van der Waals surface area contributed by atoms with Crippen molar-refractivity contribution in [3.8, 4) is 5.69 Å². The van der Waals surface area contributed by atoms with Gasteiger partial charge in [0.1, 0.15) is 12.1 Å². The van der Waals surface area contributed by atoms with Crippen LogP contribution in [0.2, 0.25) is 0 Å². The molecule has 1 N–H and O–H groups in total. The Morgan fingerprint density at radius 3 is 2.80 bits per heavy atom. The van der Waals surface area contributed by atoms with Gasteiger partial charge in [-0.2, -0.15) is 0 Å². The minimum atomic E-state index is -1.01. The van der Waals surface area contributed by atoms with Crippen molar-refractivity contribution >= 4 is 17.0 Å². The minimum Gasteiger partial charge on any atom is -0.478 e. The van der Waals surface area contributed by atoms with Crippen LogP contribution in [0.4, 0.5) is 4.39 Å². The van der Waals surface area contributed by atoms with E-state index in [0.717, 1.165) is 5.56 Å². The summed E-state index contributed by atoms with van der Waals surface area (Å²) in [5, 5.41) is 8.95. The van der Waals surface area contributed by atoms with Crippen molar-refractivity contribution in [2.24, 2.45) is 0 Å². The van der Waals surface area contributed by atoms with Crippen LogP contribution in [-0.4, -0.2) is 20.6 Å². The highest BCUT2D eigenvalue weighted by Crippen LogP contribution is 2.22. The largest absolute Gasteiger partial charge is 0.478 e. The molecule has 2 aromatic carbocycles. The third-order valence-electron chi connectivity index (χ3n) is 3.16. The van der Waals surface area contributed by atoms with Crippen LogP contribution in [0.5, 0.6) is 0 Å². The molecule has 0 bridgehead atoms. The number of hydrogen-bond donors (Lipinski definition) is 1. The number of aromatic carboxylic acids is 1. The summed E-state index contributed by atoms with van der Waals surface area (Å²) in [4.78, 5) is 15.1. The number of hydrogen-bond acceptors (Lipinski definition) is 2.